The van der Waals surface area contributed by atoms with Crippen LogP contribution in [0.25, 0.3) is 4.91 Å². The maximum atomic E-state index is 11.7. The Morgan fingerprint density at radius 3 is 2.62 bits per heavy atom. The van der Waals surface area contributed by atoms with Crippen molar-refractivity contribution in [3.05, 3.63) is 66.0 Å². The molecule has 0 radical (unpaired) electrons. The van der Waals surface area contributed by atoms with Gasteiger partial charge in [0.1, 0.15) is 0 Å². The van der Waals surface area contributed by atoms with Crippen molar-refractivity contribution in [2.24, 2.45) is 0 Å². The molecule has 1 aromatic heterocycles. The zero-order chi connectivity index (χ0) is 15.1. The van der Waals surface area contributed by atoms with Crippen LogP contribution >= 0.6 is 11.8 Å². The second kappa shape index (κ2) is 7.64. The van der Waals surface area contributed by atoms with Gasteiger partial charge in [0.05, 0.1) is 6.61 Å². The van der Waals surface area contributed by atoms with Crippen molar-refractivity contribution in [1.82, 2.24) is 4.98 Å². The summed E-state index contributed by atoms with van der Waals surface area (Å²) in [6.45, 7) is 4.11. The Kier molecular flexibility index (Phi) is 5.58. The number of carbonyl (C=O) groups is 1. The third kappa shape index (κ3) is 4.76. The zero-order valence-electron chi connectivity index (χ0n) is 12.1. The first kappa shape index (κ1) is 15.3. The molecule has 2 rings (SSSR count). The molecular formula is C17H17NO2S. The Bertz CT molecular complexity index is 621. The fourth-order valence-electron chi connectivity index (χ4n) is 1.71. The summed E-state index contributed by atoms with van der Waals surface area (Å²) in [5.74, 6) is -0.330. The molecule has 0 saturated carbocycles. The van der Waals surface area contributed by atoms with E-state index in [0.717, 1.165) is 21.1 Å². The molecule has 0 aliphatic heterocycles. The minimum atomic E-state index is -0.330. The highest BCUT2D eigenvalue weighted by molar-refractivity contribution is 8.08. The number of carbonyl (C=O) groups excluding carboxylic acids is 1. The van der Waals surface area contributed by atoms with Crippen LogP contribution in [0.5, 0.6) is 0 Å². The second-order valence-corrected chi connectivity index (χ2v) is 5.48. The lowest BCUT2D eigenvalue weighted by Gasteiger charge is -2.08. The largest absolute Gasteiger partial charge is 0.463 e. The molecule has 0 spiro atoms. The molecule has 108 valence electrons. The highest BCUT2D eigenvalue weighted by atomic mass is 32.2. The maximum Gasteiger partial charge on any atom is 0.331 e. The van der Waals surface area contributed by atoms with Crippen molar-refractivity contribution in [2.75, 3.05) is 6.61 Å². The number of hydrogen-bond acceptors (Lipinski definition) is 4. The first-order valence-electron chi connectivity index (χ1n) is 6.73. The number of esters is 1. The van der Waals surface area contributed by atoms with E-state index in [1.54, 1.807) is 6.92 Å². The standard InChI is InChI=1S/C17H17NO2S/c1-3-20-17(19)11-16(14-7-5-4-6-8-14)21-15-10-9-13(2)18-12-15/h4-12H,3H2,1-2H3/b16-11+. The Morgan fingerprint density at radius 1 is 1.24 bits per heavy atom. The molecule has 0 amide bonds. The molecule has 1 heterocycles. The number of pyridine rings is 1. The van der Waals surface area contributed by atoms with Gasteiger partial charge in [-0.2, -0.15) is 0 Å². The smallest absolute Gasteiger partial charge is 0.331 e. The number of hydrogen-bond donors (Lipinski definition) is 0. The SMILES string of the molecule is CCOC(=O)/C=C(/Sc1ccc(C)nc1)c1ccccc1. The first-order valence-corrected chi connectivity index (χ1v) is 7.55. The van der Waals surface area contributed by atoms with Crippen molar-refractivity contribution < 1.29 is 9.53 Å². The van der Waals surface area contributed by atoms with Crippen LogP contribution in [0.3, 0.4) is 0 Å². The van der Waals surface area contributed by atoms with Crippen LogP contribution in [0.4, 0.5) is 0 Å². The van der Waals surface area contributed by atoms with E-state index < -0.39 is 0 Å². The summed E-state index contributed by atoms with van der Waals surface area (Å²) < 4.78 is 5.01. The summed E-state index contributed by atoms with van der Waals surface area (Å²) in [5.41, 5.74) is 1.95. The minimum absolute atomic E-state index is 0.330. The van der Waals surface area contributed by atoms with E-state index in [-0.39, 0.29) is 5.97 Å². The second-order valence-electron chi connectivity index (χ2n) is 4.36. The maximum absolute atomic E-state index is 11.7. The summed E-state index contributed by atoms with van der Waals surface area (Å²) in [4.78, 5) is 17.9. The molecule has 2 aromatic rings. The van der Waals surface area contributed by atoms with Crippen molar-refractivity contribution in [1.29, 1.82) is 0 Å². The van der Waals surface area contributed by atoms with E-state index in [1.165, 1.54) is 17.8 Å². The van der Waals surface area contributed by atoms with Gasteiger partial charge in [0.2, 0.25) is 0 Å². The Balaban J connectivity index is 2.28. The molecule has 0 saturated heterocycles. The molecule has 0 atom stereocenters. The number of ether oxygens (including phenoxy) is 1. The molecular weight excluding hydrogens is 282 g/mol. The van der Waals surface area contributed by atoms with Crippen LogP contribution in [0.2, 0.25) is 0 Å². The summed E-state index contributed by atoms with van der Waals surface area (Å²) in [5, 5.41) is 0. The first-order chi connectivity index (χ1) is 10.2. The van der Waals surface area contributed by atoms with Gasteiger partial charge in [-0.3, -0.25) is 4.98 Å². The van der Waals surface area contributed by atoms with Crippen LogP contribution in [-0.2, 0) is 9.53 Å². The highest BCUT2D eigenvalue weighted by Crippen LogP contribution is 2.33. The van der Waals surface area contributed by atoms with Crippen molar-refractivity contribution in [3.63, 3.8) is 0 Å². The van der Waals surface area contributed by atoms with E-state index in [2.05, 4.69) is 4.98 Å². The van der Waals surface area contributed by atoms with Crippen LogP contribution in [0.1, 0.15) is 18.2 Å². The van der Waals surface area contributed by atoms with Gasteiger partial charge in [0, 0.05) is 27.8 Å². The number of nitrogens with zero attached hydrogens (tertiary/aromatic N) is 1. The molecule has 0 N–H and O–H groups in total. The minimum Gasteiger partial charge on any atom is -0.463 e. The summed E-state index contributed by atoms with van der Waals surface area (Å²) in [7, 11) is 0. The van der Waals surface area contributed by atoms with E-state index in [1.807, 2.05) is 55.6 Å². The Hall–Kier alpha value is -2.07. The predicted octanol–water partition coefficient (Wildman–Crippen LogP) is 4.09. The Labute approximate surface area is 129 Å². The molecule has 1 aromatic carbocycles. The van der Waals surface area contributed by atoms with Crippen molar-refractivity contribution >= 4 is 22.6 Å². The average Bonchev–Trinajstić information content (AvgIpc) is 2.50. The van der Waals surface area contributed by atoms with Crippen molar-refractivity contribution in [3.8, 4) is 0 Å². The molecule has 0 unspecified atom stereocenters. The molecule has 0 bridgehead atoms. The molecule has 0 aliphatic rings. The van der Waals surface area contributed by atoms with Gasteiger partial charge in [0.25, 0.3) is 0 Å². The van der Waals surface area contributed by atoms with Gasteiger partial charge in [-0.1, -0.05) is 42.1 Å². The third-order valence-electron chi connectivity index (χ3n) is 2.71. The number of thioether (sulfide) groups is 1. The van der Waals surface area contributed by atoms with E-state index in [0.29, 0.717) is 6.61 Å². The summed E-state index contributed by atoms with van der Waals surface area (Å²) >= 11 is 1.50. The third-order valence-corrected chi connectivity index (χ3v) is 3.76. The Morgan fingerprint density at radius 2 is 2.00 bits per heavy atom. The number of aromatic nitrogens is 1. The van der Waals surface area contributed by atoms with E-state index in [4.69, 9.17) is 4.74 Å². The molecule has 21 heavy (non-hydrogen) atoms. The van der Waals surface area contributed by atoms with E-state index >= 15 is 0 Å². The van der Waals surface area contributed by atoms with Crippen LogP contribution in [0.15, 0.2) is 59.6 Å². The lowest BCUT2D eigenvalue weighted by atomic mass is 10.2. The average molecular weight is 299 g/mol. The molecule has 3 nitrogen and oxygen atoms in total. The predicted molar refractivity (Wildman–Crippen MR) is 85.9 cm³/mol. The zero-order valence-corrected chi connectivity index (χ0v) is 12.9. The van der Waals surface area contributed by atoms with Crippen LogP contribution in [-0.4, -0.2) is 17.6 Å². The number of benzene rings is 1. The number of aryl methyl sites for hydroxylation is 1. The van der Waals surface area contributed by atoms with Gasteiger partial charge in [-0.25, -0.2) is 4.79 Å². The lowest BCUT2D eigenvalue weighted by Crippen LogP contribution is -2.00. The highest BCUT2D eigenvalue weighted by Gasteiger charge is 2.08. The van der Waals surface area contributed by atoms with E-state index in [9.17, 15) is 4.79 Å². The van der Waals surface area contributed by atoms with Gasteiger partial charge < -0.3 is 4.74 Å². The summed E-state index contributed by atoms with van der Waals surface area (Å²) in [6.07, 6.45) is 3.34. The van der Waals surface area contributed by atoms with Crippen LogP contribution in [0, 0.1) is 6.92 Å². The van der Waals surface area contributed by atoms with Crippen molar-refractivity contribution in [2.45, 2.75) is 18.7 Å². The van der Waals surface area contributed by atoms with Gasteiger partial charge in [-0.05, 0) is 31.5 Å². The van der Waals surface area contributed by atoms with Gasteiger partial charge in [0.15, 0.2) is 0 Å². The summed E-state index contributed by atoms with van der Waals surface area (Å²) in [6, 6.07) is 13.7. The monoisotopic (exact) mass is 299 g/mol. The topological polar surface area (TPSA) is 39.2 Å². The fraction of sp³-hybridized carbons (Fsp3) is 0.176. The normalized spacial score (nSPS) is 11.2. The molecule has 0 aliphatic carbocycles. The van der Waals surface area contributed by atoms with Crippen LogP contribution < -0.4 is 0 Å². The molecule has 4 heteroatoms. The fourth-order valence-corrected chi connectivity index (χ4v) is 2.61. The van der Waals surface area contributed by atoms with Gasteiger partial charge in [-0.15, -0.1) is 0 Å². The molecule has 0 fully saturated rings. The lowest BCUT2D eigenvalue weighted by molar-refractivity contribution is -0.137. The number of rotatable bonds is 5. The van der Waals surface area contributed by atoms with Gasteiger partial charge >= 0.3 is 5.97 Å². The quantitative estimate of drug-likeness (QED) is 0.473.